The number of hydrogen-bond acceptors (Lipinski definition) is 3. The van der Waals surface area contributed by atoms with Crippen molar-refractivity contribution in [2.45, 2.75) is 32.9 Å². The van der Waals surface area contributed by atoms with E-state index >= 15 is 0 Å². The quantitative estimate of drug-likeness (QED) is 0.838. The van der Waals surface area contributed by atoms with Gasteiger partial charge in [0.2, 0.25) is 0 Å². The van der Waals surface area contributed by atoms with E-state index in [9.17, 15) is 0 Å². The standard InChI is InChI=1S/C15H21N3O/c1-11-4-6-14(7-5-11)19-10-12(2)17-13(3)15-8-9-16-18-15/h4-9,12-13,17H,10H2,1-3H3,(H,16,18). The van der Waals surface area contributed by atoms with E-state index < -0.39 is 0 Å². The van der Waals surface area contributed by atoms with Crippen molar-refractivity contribution in [1.82, 2.24) is 15.5 Å². The van der Waals surface area contributed by atoms with Crippen LogP contribution in [0.3, 0.4) is 0 Å². The first-order chi connectivity index (χ1) is 9.15. The predicted octanol–water partition coefficient (Wildman–Crippen LogP) is 2.84. The average Bonchev–Trinajstić information content (AvgIpc) is 2.92. The Balaban J connectivity index is 1.78. The third-order valence-electron chi connectivity index (χ3n) is 3.04. The molecule has 0 aliphatic heterocycles. The van der Waals surface area contributed by atoms with Gasteiger partial charge in [-0.05, 0) is 39.0 Å². The minimum Gasteiger partial charge on any atom is -0.492 e. The summed E-state index contributed by atoms with van der Waals surface area (Å²) >= 11 is 0. The van der Waals surface area contributed by atoms with Gasteiger partial charge in [0.1, 0.15) is 12.4 Å². The third-order valence-corrected chi connectivity index (χ3v) is 3.04. The fourth-order valence-corrected chi connectivity index (χ4v) is 1.93. The van der Waals surface area contributed by atoms with Crippen molar-refractivity contribution in [3.8, 4) is 5.75 Å². The Morgan fingerprint density at radius 3 is 2.58 bits per heavy atom. The Morgan fingerprint density at radius 1 is 1.21 bits per heavy atom. The molecule has 0 saturated carbocycles. The molecular formula is C15H21N3O. The molecule has 0 fully saturated rings. The average molecular weight is 259 g/mol. The zero-order chi connectivity index (χ0) is 13.7. The van der Waals surface area contributed by atoms with Gasteiger partial charge in [-0.3, -0.25) is 5.10 Å². The number of aromatic nitrogens is 2. The van der Waals surface area contributed by atoms with Gasteiger partial charge in [-0.15, -0.1) is 0 Å². The Labute approximate surface area is 114 Å². The Hall–Kier alpha value is -1.81. The van der Waals surface area contributed by atoms with Crippen LogP contribution in [0.25, 0.3) is 0 Å². The molecule has 1 heterocycles. The van der Waals surface area contributed by atoms with Crippen molar-refractivity contribution in [1.29, 1.82) is 0 Å². The van der Waals surface area contributed by atoms with Crippen LogP contribution in [0, 0.1) is 6.92 Å². The van der Waals surface area contributed by atoms with Gasteiger partial charge in [0, 0.05) is 18.3 Å². The Kier molecular flexibility index (Phi) is 4.58. The third kappa shape index (κ3) is 4.10. The van der Waals surface area contributed by atoms with Crippen molar-refractivity contribution in [3.05, 3.63) is 47.8 Å². The highest BCUT2D eigenvalue weighted by Gasteiger charge is 2.10. The van der Waals surface area contributed by atoms with E-state index in [1.807, 2.05) is 18.2 Å². The maximum absolute atomic E-state index is 5.75. The summed E-state index contributed by atoms with van der Waals surface area (Å²) in [5.41, 5.74) is 2.33. The first-order valence-electron chi connectivity index (χ1n) is 6.60. The van der Waals surface area contributed by atoms with Gasteiger partial charge in [0.25, 0.3) is 0 Å². The van der Waals surface area contributed by atoms with Crippen molar-refractivity contribution in [3.63, 3.8) is 0 Å². The molecular weight excluding hydrogens is 238 g/mol. The van der Waals surface area contributed by atoms with E-state index in [0.717, 1.165) is 11.4 Å². The summed E-state index contributed by atoms with van der Waals surface area (Å²) in [6, 6.07) is 10.6. The van der Waals surface area contributed by atoms with E-state index in [4.69, 9.17) is 4.74 Å². The molecule has 2 atom stereocenters. The second-order valence-electron chi connectivity index (χ2n) is 4.93. The molecule has 102 valence electrons. The summed E-state index contributed by atoms with van der Waals surface area (Å²) in [4.78, 5) is 0. The SMILES string of the molecule is Cc1ccc(OCC(C)NC(C)c2ccn[nH]2)cc1. The van der Waals surface area contributed by atoms with Crippen molar-refractivity contribution >= 4 is 0 Å². The number of aryl methyl sites for hydroxylation is 1. The van der Waals surface area contributed by atoms with E-state index in [1.165, 1.54) is 5.56 Å². The monoisotopic (exact) mass is 259 g/mol. The van der Waals surface area contributed by atoms with Crippen LogP contribution in [-0.2, 0) is 0 Å². The van der Waals surface area contributed by atoms with Gasteiger partial charge in [-0.25, -0.2) is 0 Å². The van der Waals surface area contributed by atoms with Crippen molar-refractivity contribution < 1.29 is 4.74 Å². The van der Waals surface area contributed by atoms with Gasteiger partial charge >= 0.3 is 0 Å². The van der Waals surface area contributed by atoms with Crippen LogP contribution >= 0.6 is 0 Å². The van der Waals surface area contributed by atoms with Gasteiger partial charge in [-0.1, -0.05) is 17.7 Å². The molecule has 0 radical (unpaired) electrons. The summed E-state index contributed by atoms with van der Waals surface area (Å²) in [6.07, 6.45) is 1.76. The zero-order valence-electron chi connectivity index (χ0n) is 11.7. The maximum atomic E-state index is 5.75. The molecule has 0 spiro atoms. The highest BCUT2D eigenvalue weighted by Crippen LogP contribution is 2.13. The number of H-pyrrole nitrogens is 1. The number of aromatic amines is 1. The smallest absolute Gasteiger partial charge is 0.119 e. The van der Waals surface area contributed by atoms with Crippen molar-refractivity contribution in [2.24, 2.45) is 0 Å². The summed E-state index contributed by atoms with van der Waals surface area (Å²) in [6.45, 7) is 6.93. The molecule has 2 unspecified atom stereocenters. The molecule has 1 aromatic carbocycles. The largest absolute Gasteiger partial charge is 0.492 e. The highest BCUT2D eigenvalue weighted by molar-refractivity contribution is 5.26. The number of nitrogens with zero attached hydrogens (tertiary/aromatic N) is 1. The molecule has 0 aliphatic carbocycles. The van der Waals surface area contributed by atoms with E-state index in [2.05, 4.69) is 48.4 Å². The second kappa shape index (κ2) is 6.38. The maximum Gasteiger partial charge on any atom is 0.119 e. The number of benzene rings is 1. The molecule has 0 saturated heterocycles. The van der Waals surface area contributed by atoms with Crippen molar-refractivity contribution in [2.75, 3.05) is 6.61 Å². The van der Waals surface area contributed by atoms with Gasteiger partial charge in [0.15, 0.2) is 0 Å². The van der Waals surface area contributed by atoms with Gasteiger partial charge < -0.3 is 10.1 Å². The van der Waals surface area contributed by atoms with Gasteiger partial charge in [-0.2, -0.15) is 5.10 Å². The zero-order valence-corrected chi connectivity index (χ0v) is 11.7. The first-order valence-corrected chi connectivity index (χ1v) is 6.60. The lowest BCUT2D eigenvalue weighted by Crippen LogP contribution is -2.34. The summed E-state index contributed by atoms with van der Waals surface area (Å²) < 4.78 is 5.75. The first kappa shape index (κ1) is 13.6. The molecule has 4 heteroatoms. The van der Waals surface area contributed by atoms with E-state index in [-0.39, 0.29) is 12.1 Å². The molecule has 2 rings (SSSR count). The Bertz CT molecular complexity index is 479. The van der Waals surface area contributed by atoms with Gasteiger partial charge in [0.05, 0.1) is 5.69 Å². The van der Waals surface area contributed by atoms with Crippen LogP contribution in [0.2, 0.25) is 0 Å². The molecule has 0 bridgehead atoms. The molecule has 4 nitrogen and oxygen atoms in total. The van der Waals surface area contributed by atoms with Crippen LogP contribution in [0.15, 0.2) is 36.5 Å². The van der Waals surface area contributed by atoms with E-state index in [0.29, 0.717) is 6.61 Å². The predicted molar refractivity (Wildman–Crippen MR) is 76.3 cm³/mol. The van der Waals surface area contributed by atoms with Crippen LogP contribution in [-0.4, -0.2) is 22.8 Å². The molecule has 2 aromatic rings. The fraction of sp³-hybridized carbons (Fsp3) is 0.400. The summed E-state index contributed by atoms with van der Waals surface area (Å²) in [5.74, 6) is 0.911. The van der Waals surface area contributed by atoms with Crippen LogP contribution < -0.4 is 10.1 Å². The molecule has 2 N–H and O–H groups in total. The molecule has 0 aliphatic rings. The van der Waals surface area contributed by atoms with Crippen LogP contribution in [0.4, 0.5) is 0 Å². The minimum absolute atomic E-state index is 0.235. The molecule has 0 amide bonds. The lowest BCUT2D eigenvalue weighted by atomic mass is 10.2. The normalized spacial score (nSPS) is 14.1. The van der Waals surface area contributed by atoms with Crippen LogP contribution in [0.1, 0.15) is 31.1 Å². The molecule has 1 aromatic heterocycles. The summed E-state index contributed by atoms with van der Waals surface area (Å²) in [5, 5.41) is 10.4. The number of ether oxygens (including phenoxy) is 1. The number of rotatable bonds is 6. The summed E-state index contributed by atoms with van der Waals surface area (Å²) in [7, 11) is 0. The Morgan fingerprint density at radius 2 is 1.95 bits per heavy atom. The topological polar surface area (TPSA) is 49.9 Å². The van der Waals surface area contributed by atoms with Crippen LogP contribution in [0.5, 0.6) is 5.75 Å². The minimum atomic E-state index is 0.235. The number of hydrogen-bond donors (Lipinski definition) is 2. The second-order valence-corrected chi connectivity index (χ2v) is 4.93. The lowest BCUT2D eigenvalue weighted by molar-refractivity contribution is 0.263. The number of nitrogens with one attached hydrogen (secondary N) is 2. The lowest BCUT2D eigenvalue weighted by Gasteiger charge is -2.19. The fourth-order valence-electron chi connectivity index (χ4n) is 1.93. The highest BCUT2D eigenvalue weighted by atomic mass is 16.5. The molecule has 19 heavy (non-hydrogen) atoms. The van der Waals surface area contributed by atoms with E-state index in [1.54, 1.807) is 6.20 Å².